The second-order valence-electron chi connectivity index (χ2n) is 2.29. The predicted molar refractivity (Wildman–Crippen MR) is 51.4 cm³/mol. The largest absolute Gasteiger partial charge is 0.355 e. The Labute approximate surface area is 75.9 Å². The molecular weight excluding hydrogens is 241 g/mol. The van der Waals surface area contributed by atoms with E-state index in [-0.39, 0.29) is 11.8 Å². The van der Waals surface area contributed by atoms with Crippen LogP contribution in [0.5, 0.6) is 0 Å². The fourth-order valence-corrected chi connectivity index (χ4v) is 0.800. The lowest BCUT2D eigenvalue weighted by Crippen LogP contribution is -2.30. The zero-order chi connectivity index (χ0) is 7.98. The van der Waals surface area contributed by atoms with Crippen LogP contribution >= 0.6 is 22.6 Å². The van der Waals surface area contributed by atoms with Crippen LogP contribution in [0.15, 0.2) is 0 Å². The Hall–Kier alpha value is 0.200. The minimum Gasteiger partial charge on any atom is -0.355 e. The average Bonchev–Trinajstić information content (AvgIpc) is 1.98. The van der Waals surface area contributed by atoms with Crippen molar-refractivity contribution in [3.63, 3.8) is 0 Å². The molecule has 0 aliphatic carbocycles. The van der Waals surface area contributed by atoms with Gasteiger partial charge in [-0.05, 0) is 6.42 Å². The molecule has 10 heavy (non-hydrogen) atoms. The van der Waals surface area contributed by atoms with Crippen molar-refractivity contribution in [2.75, 3.05) is 11.0 Å². The van der Waals surface area contributed by atoms with E-state index < -0.39 is 0 Å². The molecule has 1 atom stereocenters. The van der Waals surface area contributed by atoms with Gasteiger partial charge < -0.3 is 5.32 Å². The van der Waals surface area contributed by atoms with Gasteiger partial charge in [-0.2, -0.15) is 0 Å². The number of hydrogen-bond donors (Lipinski definition) is 1. The molecule has 0 heterocycles. The third kappa shape index (κ3) is 4.09. The lowest BCUT2D eigenvalue weighted by Gasteiger charge is -2.07. The maximum absolute atomic E-state index is 11.0. The maximum Gasteiger partial charge on any atom is 0.222 e. The third-order valence-electron chi connectivity index (χ3n) is 1.45. The molecule has 3 heteroatoms. The normalized spacial score (nSPS) is 12.7. The highest BCUT2D eigenvalue weighted by Crippen LogP contribution is 1.98. The quantitative estimate of drug-likeness (QED) is 0.599. The van der Waals surface area contributed by atoms with Gasteiger partial charge in [-0.3, -0.25) is 4.79 Å². The Bertz CT molecular complexity index is 106. The lowest BCUT2D eigenvalue weighted by molar-refractivity contribution is -0.124. The second-order valence-corrected chi connectivity index (χ2v) is 3.37. The number of halogens is 1. The maximum atomic E-state index is 11.0. The monoisotopic (exact) mass is 255 g/mol. The summed E-state index contributed by atoms with van der Waals surface area (Å²) in [5.41, 5.74) is 0. The number of carbonyl (C=O) groups excluding carboxylic acids is 1. The highest BCUT2D eigenvalue weighted by molar-refractivity contribution is 14.1. The van der Waals surface area contributed by atoms with E-state index in [1.807, 2.05) is 13.8 Å². The second kappa shape index (κ2) is 5.95. The molecule has 0 spiro atoms. The van der Waals surface area contributed by atoms with E-state index in [1.54, 1.807) is 0 Å². The van der Waals surface area contributed by atoms with Gasteiger partial charge in [-0.1, -0.05) is 36.4 Å². The summed E-state index contributed by atoms with van der Waals surface area (Å²) in [5, 5.41) is 2.84. The molecule has 60 valence electrons. The highest BCUT2D eigenvalue weighted by atomic mass is 127. The fourth-order valence-electron chi connectivity index (χ4n) is 0.530. The van der Waals surface area contributed by atoms with Crippen molar-refractivity contribution in [3.8, 4) is 0 Å². The summed E-state index contributed by atoms with van der Waals surface area (Å²) in [6, 6.07) is 0. The van der Waals surface area contributed by atoms with Crippen molar-refractivity contribution in [2.45, 2.75) is 20.3 Å². The topological polar surface area (TPSA) is 29.1 Å². The molecule has 0 aromatic rings. The molecule has 0 aliphatic rings. The molecule has 0 saturated heterocycles. The molecule has 2 nitrogen and oxygen atoms in total. The van der Waals surface area contributed by atoms with Gasteiger partial charge in [0.15, 0.2) is 0 Å². The predicted octanol–water partition coefficient (Wildman–Crippen LogP) is 1.58. The van der Waals surface area contributed by atoms with Gasteiger partial charge in [0.25, 0.3) is 0 Å². The Morgan fingerprint density at radius 3 is 2.70 bits per heavy atom. The molecule has 0 fully saturated rings. The Morgan fingerprint density at radius 1 is 1.70 bits per heavy atom. The highest BCUT2D eigenvalue weighted by Gasteiger charge is 2.07. The van der Waals surface area contributed by atoms with Crippen LogP contribution in [-0.2, 0) is 4.79 Å². The summed E-state index contributed by atoms with van der Waals surface area (Å²) in [6.45, 7) is 4.76. The van der Waals surface area contributed by atoms with E-state index >= 15 is 0 Å². The number of rotatable bonds is 4. The SMILES string of the molecule is CCC(C)C(=O)NCCI. The summed E-state index contributed by atoms with van der Waals surface area (Å²) < 4.78 is 0.986. The van der Waals surface area contributed by atoms with Crippen LogP contribution in [0.25, 0.3) is 0 Å². The van der Waals surface area contributed by atoms with Crippen molar-refractivity contribution in [1.29, 1.82) is 0 Å². The standard InChI is InChI=1S/C7H14INO/c1-3-6(2)7(10)9-5-4-8/h6H,3-5H2,1-2H3,(H,9,10). The summed E-state index contributed by atoms with van der Waals surface area (Å²) in [4.78, 5) is 11.0. The molecule has 0 rings (SSSR count). The average molecular weight is 255 g/mol. The molecule has 1 N–H and O–H groups in total. The van der Waals surface area contributed by atoms with Gasteiger partial charge in [0.05, 0.1) is 0 Å². The van der Waals surface area contributed by atoms with E-state index in [1.165, 1.54) is 0 Å². The fraction of sp³-hybridized carbons (Fsp3) is 0.857. The van der Waals surface area contributed by atoms with Crippen LogP contribution in [0.1, 0.15) is 20.3 Å². The van der Waals surface area contributed by atoms with Gasteiger partial charge in [0, 0.05) is 16.9 Å². The third-order valence-corrected chi connectivity index (χ3v) is 1.99. The molecule has 1 amide bonds. The van der Waals surface area contributed by atoms with Gasteiger partial charge in [-0.25, -0.2) is 0 Å². The van der Waals surface area contributed by atoms with Crippen LogP contribution in [0, 0.1) is 5.92 Å². The smallest absolute Gasteiger partial charge is 0.222 e. The summed E-state index contributed by atoms with van der Waals surface area (Å²) in [7, 11) is 0. The summed E-state index contributed by atoms with van der Waals surface area (Å²) in [5.74, 6) is 0.349. The number of nitrogens with one attached hydrogen (secondary N) is 1. The minimum atomic E-state index is 0.169. The first-order chi connectivity index (χ1) is 4.72. The Kier molecular flexibility index (Phi) is 6.06. The molecule has 0 aromatic heterocycles. The minimum absolute atomic E-state index is 0.169. The summed E-state index contributed by atoms with van der Waals surface area (Å²) >= 11 is 2.24. The van der Waals surface area contributed by atoms with E-state index in [0.29, 0.717) is 0 Å². The van der Waals surface area contributed by atoms with Gasteiger partial charge in [-0.15, -0.1) is 0 Å². The van der Waals surface area contributed by atoms with Crippen LogP contribution in [0.4, 0.5) is 0 Å². The van der Waals surface area contributed by atoms with Crippen LogP contribution in [0.3, 0.4) is 0 Å². The van der Waals surface area contributed by atoms with Crippen molar-refractivity contribution < 1.29 is 4.79 Å². The first-order valence-corrected chi connectivity index (χ1v) is 5.08. The molecule has 0 aliphatic heterocycles. The zero-order valence-electron chi connectivity index (χ0n) is 6.48. The van der Waals surface area contributed by atoms with Gasteiger partial charge >= 0.3 is 0 Å². The summed E-state index contributed by atoms with van der Waals surface area (Å²) in [6.07, 6.45) is 0.924. The molecule has 0 saturated carbocycles. The molecule has 0 aromatic carbocycles. The number of hydrogen-bond acceptors (Lipinski definition) is 1. The van der Waals surface area contributed by atoms with E-state index in [9.17, 15) is 4.79 Å². The van der Waals surface area contributed by atoms with Crippen LogP contribution < -0.4 is 5.32 Å². The van der Waals surface area contributed by atoms with Crippen molar-refractivity contribution in [2.24, 2.45) is 5.92 Å². The Morgan fingerprint density at radius 2 is 2.30 bits per heavy atom. The first-order valence-electron chi connectivity index (χ1n) is 3.56. The molecular formula is C7H14INO. The Balaban J connectivity index is 3.42. The van der Waals surface area contributed by atoms with E-state index in [0.717, 1.165) is 17.4 Å². The zero-order valence-corrected chi connectivity index (χ0v) is 8.64. The van der Waals surface area contributed by atoms with Gasteiger partial charge in [0.2, 0.25) is 5.91 Å². The molecule has 0 bridgehead atoms. The van der Waals surface area contributed by atoms with Crippen molar-refractivity contribution in [3.05, 3.63) is 0 Å². The van der Waals surface area contributed by atoms with Gasteiger partial charge in [0.1, 0.15) is 0 Å². The van der Waals surface area contributed by atoms with Crippen molar-refractivity contribution >= 4 is 28.5 Å². The number of alkyl halides is 1. The molecule has 1 unspecified atom stereocenters. The number of carbonyl (C=O) groups is 1. The van der Waals surface area contributed by atoms with E-state index in [4.69, 9.17) is 0 Å². The lowest BCUT2D eigenvalue weighted by atomic mass is 10.1. The van der Waals surface area contributed by atoms with Crippen molar-refractivity contribution in [1.82, 2.24) is 5.32 Å². The van der Waals surface area contributed by atoms with Crippen LogP contribution in [0.2, 0.25) is 0 Å². The number of amides is 1. The van der Waals surface area contributed by atoms with E-state index in [2.05, 4.69) is 27.9 Å². The molecule has 0 radical (unpaired) electrons. The first kappa shape index (κ1) is 10.2. The van der Waals surface area contributed by atoms with Crippen LogP contribution in [-0.4, -0.2) is 16.9 Å².